The molecule has 0 spiro atoms. The minimum atomic E-state index is -1.25. The van der Waals surface area contributed by atoms with Crippen molar-refractivity contribution in [3.8, 4) is 0 Å². The zero-order valence-electron chi connectivity index (χ0n) is 11.8. The summed E-state index contributed by atoms with van der Waals surface area (Å²) in [5.41, 5.74) is -1.25. The molecule has 3 N–H and O–H groups in total. The first kappa shape index (κ1) is 14.6. The van der Waals surface area contributed by atoms with Gasteiger partial charge in [-0.2, -0.15) is 0 Å². The lowest BCUT2D eigenvalue weighted by molar-refractivity contribution is -0.144. The SMILES string of the molecule is CCC1C(=O)NCCN1C(=O)NC(C)(C(=O)O)C1CC1. The van der Waals surface area contributed by atoms with Gasteiger partial charge in [0.15, 0.2) is 0 Å². The number of rotatable bonds is 4. The number of carboxylic acid groups (broad SMARTS) is 1. The number of nitrogens with zero attached hydrogens (tertiary/aromatic N) is 1. The maximum absolute atomic E-state index is 12.3. The lowest BCUT2D eigenvalue weighted by Gasteiger charge is -2.37. The van der Waals surface area contributed by atoms with Crippen LogP contribution in [0.1, 0.15) is 33.1 Å². The predicted octanol–water partition coefficient (Wildman–Crippen LogP) is 0.160. The third-order valence-corrected chi connectivity index (χ3v) is 4.18. The molecule has 2 rings (SSSR count). The highest BCUT2D eigenvalue weighted by Gasteiger charge is 2.49. The van der Waals surface area contributed by atoms with Crippen molar-refractivity contribution in [2.45, 2.75) is 44.7 Å². The zero-order chi connectivity index (χ0) is 14.9. The second kappa shape index (κ2) is 5.30. The third kappa shape index (κ3) is 2.57. The van der Waals surface area contributed by atoms with E-state index in [-0.39, 0.29) is 11.8 Å². The second-order valence-electron chi connectivity index (χ2n) is 5.62. The monoisotopic (exact) mass is 283 g/mol. The van der Waals surface area contributed by atoms with Gasteiger partial charge in [0.05, 0.1) is 0 Å². The molecular weight excluding hydrogens is 262 g/mol. The van der Waals surface area contributed by atoms with Crippen LogP contribution in [0.4, 0.5) is 4.79 Å². The molecular formula is C13H21N3O4. The summed E-state index contributed by atoms with van der Waals surface area (Å²) in [6, 6.07) is -0.996. The highest BCUT2D eigenvalue weighted by Crippen LogP contribution is 2.39. The quantitative estimate of drug-likeness (QED) is 0.684. The fourth-order valence-corrected chi connectivity index (χ4v) is 2.65. The number of hydrogen-bond acceptors (Lipinski definition) is 3. The van der Waals surface area contributed by atoms with Crippen LogP contribution in [0.25, 0.3) is 0 Å². The van der Waals surface area contributed by atoms with Crippen molar-refractivity contribution in [3.63, 3.8) is 0 Å². The maximum Gasteiger partial charge on any atom is 0.329 e. The molecule has 2 atom stereocenters. The standard InChI is InChI=1S/C13H21N3O4/c1-3-9-10(17)14-6-7-16(9)12(20)15-13(2,11(18)19)8-4-5-8/h8-9H,3-7H2,1-2H3,(H,14,17)(H,15,20)(H,18,19). The van der Waals surface area contributed by atoms with Crippen LogP contribution in [-0.4, -0.2) is 52.6 Å². The summed E-state index contributed by atoms with van der Waals surface area (Å²) in [4.78, 5) is 36.9. The van der Waals surface area contributed by atoms with E-state index < -0.39 is 23.6 Å². The number of amides is 3. The molecule has 7 heteroatoms. The van der Waals surface area contributed by atoms with Crippen molar-refractivity contribution >= 4 is 17.9 Å². The topological polar surface area (TPSA) is 98.7 Å². The number of aliphatic carboxylic acids is 1. The molecule has 2 unspecified atom stereocenters. The van der Waals surface area contributed by atoms with Crippen LogP contribution in [0.5, 0.6) is 0 Å². The van der Waals surface area contributed by atoms with E-state index in [9.17, 15) is 19.5 Å². The normalized spacial score (nSPS) is 25.6. The van der Waals surface area contributed by atoms with E-state index in [0.29, 0.717) is 19.5 Å². The molecule has 0 aromatic rings. The first-order valence-corrected chi connectivity index (χ1v) is 7.00. The highest BCUT2D eigenvalue weighted by molar-refractivity contribution is 5.91. The number of carboxylic acids is 1. The largest absolute Gasteiger partial charge is 0.480 e. The molecule has 1 aliphatic carbocycles. The Morgan fingerprint density at radius 2 is 2.15 bits per heavy atom. The first-order chi connectivity index (χ1) is 9.40. The summed E-state index contributed by atoms with van der Waals surface area (Å²) >= 11 is 0. The number of nitrogens with one attached hydrogen (secondary N) is 2. The number of hydrogen-bond donors (Lipinski definition) is 3. The Morgan fingerprint density at radius 1 is 1.50 bits per heavy atom. The van der Waals surface area contributed by atoms with Crippen molar-refractivity contribution in [2.24, 2.45) is 5.92 Å². The molecule has 112 valence electrons. The van der Waals surface area contributed by atoms with Crippen LogP contribution < -0.4 is 10.6 Å². The van der Waals surface area contributed by atoms with Gasteiger partial charge in [-0.3, -0.25) is 4.79 Å². The number of piperazine rings is 1. The van der Waals surface area contributed by atoms with E-state index in [2.05, 4.69) is 10.6 Å². The van der Waals surface area contributed by atoms with Crippen LogP contribution >= 0.6 is 0 Å². The Balaban J connectivity index is 2.10. The fourth-order valence-electron chi connectivity index (χ4n) is 2.65. The molecule has 0 bridgehead atoms. The average molecular weight is 283 g/mol. The van der Waals surface area contributed by atoms with Gasteiger partial charge in [-0.15, -0.1) is 0 Å². The Labute approximate surface area is 117 Å². The van der Waals surface area contributed by atoms with Crippen molar-refractivity contribution in [1.82, 2.24) is 15.5 Å². The lowest BCUT2D eigenvalue weighted by Crippen LogP contribution is -2.64. The van der Waals surface area contributed by atoms with Gasteiger partial charge in [0, 0.05) is 13.1 Å². The van der Waals surface area contributed by atoms with E-state index in [1.54, 1.807) is 0 Å². The second-order valence-corrected chi connectivity index (χ2v) is 5.62. The zero-order valence-corrected chi connectivity index (χ0v) is 11.8. The van der Waals surface area contributed by atoms with Crippen molar-refractivity contribution in [1.29, 1.82) is 0 Å². The van der Waals surface area contributed by atoms with E-state index >= 15 is 0 Å². The minimum Gasteiger partial charge on any atom is -0.480 e. The summed E-state index contributed by atoms with van der Waals surface area (Å²) in [5.74, 6) is -1.23. The van der Waals surface area contributed by atoms with E-state index in [0.717, 1.165) is 12.8 Å². The highest BCUT2D eigenvalue weighted by atomic mass is 16.4. The molecule has 7 nitrogen and oxygen atoms in total. The van der Waals surface area contributed by atoms with E-state index in [1.807, 2.05) is 6.92 Å². The van der Waals surface area contributed by atoms with Crippen LogP contribution in [0.2, 0.25) is 0 Å². The number of carbonyl (C=O) groups excluding carboxylic acids is 2. The summed E-state index contributed by atoms with van der Waals surface area (Å²) in [7, 11) is 0. The third-order valence-electron chi connectivity index (χ3n) is 4.18. The molecule has 1 heterocycles. The minimum absolute atomic E-state index is 0.0253. The van der Waals surface area contributed by atoms with Crippen LogP contribution in [0, 0.1) is 5.92 Å². The van der Waals surface area contributed by atoms with Crippen molar-refractivity contribution < 1.29 is 19.5 Å². The molecule has 1 saturated carbocycles. The fraction of sp³-hybridized carbons (Fsp3) is 0.769. The number of carbonyl (C=O) groups is 3. The van der Waals surface area contributed by atoms with Crippen LogP contribution in [-0.2, 0) is 9.59 Å². The van der Waals surface area contributed by atoms with Crippen LogP contribution in [0.3, 0.4) is 0 Å². The lowest BCUT2D eigenvalue weighted by atomic mass is 9.96. The van der Waals surface area contributed by atoms with Crippen molar-refractivity contribution in [3.05, 3.63) is 0 Å². The molecule has 3 amide bonds. The molecule has 2 fully saturated rings. The van der Waals surface area contributed by atoms with Gasteiger partial charge in [0.25, 0.3) is 0 Å². The van der Waals surface area contributed by atoms with Gasteiger partial charge in [-0.25, -0.2) is 9.59 Å². The van der Waals surface area contributed by atoms with Crippen LogP contribution in [0.15, 0.2) is 0 Å². The molecule has 0 aromatic carbocycles. The van der Waals surface area contributed by atoms with Gasteiger partial charge in [-0.05, 0) is 32.1 Å². The Kier molecular flexibility index (Phi) is 3.87. The molecule has 20 heavy (non-hydrogen) atoms. The molecule has 0 radical (unpaired) electrons. The number of urea groups is 1. The summed E-state index contributed by atoms with van der Waals surface area (Å²) < 4.78 is 0. The predicted molar refractivity (Wildman–Crippen MR) is 71.1 cm³/mol. The summed E-state index contributed by atoms with van der Waals surface area (Å²) in [6.45, 7) is 4.16. The Morgan fingerprint density at radius 3 is 2.65 bits per heavy atom. The Hall–Kier alpha value is -1.79. The van der Waals surface area contributed by atoms with E-state index in [4.69, 9.17) is 0 Å². The van der Waals surface area contributed by atoms with Gasteiger partial charge in [0.1, 0.15) is 11.6 Å². The van der Waals surface area contributed by atoms with Gasteiger partial charge in [0.2, 0.25) is 5.91 Å². The van der Waals surface area contributed by atoms with Gasteiger partial charge >= 0.3 is 12.0 Å². The maximum atomic E-state index is 12.3. The molecule has 0 aromatic heterocycles. The molecule has 2 aliphatic rings. The smallest absolute Gasteiger partial charge is 0.329 e. The van der Waals surface area contributed by atoms with Gasteiger partial charge in [-0.1, -0.05) is 6.92 Å². The summed E-state index contributed by atoms with van der Waals surface area (Å²) in [5, 5.41) is 14.7. The van der Waals surface area contributed by atoms with Crippen molar-refractivity contribution in [2.75, 3.05) is 13.1 Å². The first-order valence-electron chi connectivity index (χ1n) is 7.00. The van der Waals surface area contributed by atoms with E-state index in [1.165, 1.54) is 11.8 Å². The average Bonchev–Trinajstić information content (AvgIpc) is 3.22. The van der Waals surface area contributed by atoms with Gasteiger partial charge < -0.3 is 20.6 Å². The summed E-state index contributed by atoms with van der Waals surface area (Å²) in [6.07, 6.45) is 2.12. The molecule has 1 saturated heterocycles. The Bertz CT molecular complexity index is 435. The molecule has 1 aliphatic heterocycles.